The summed E-state index contributed by atoms with van der Waals surface area (Å²) in [4.78, 5) is 29.5. The Bertz CT molecular complexity index is 1410. The summed E-state index contributed by atoms with van der Waals surface area (Å²) in [5, 5.41) is 16.3. The number of carbonyl (C=O) groups excluding carboxylic acids is 2. The fraction of sp³-hybridized carbons (Fsp3) is 0.441. The lowest BCUT2D eigenvalue weighted by atomic mass is 9.63. The third kappa shape index (κ3) is 6.50. The molecule has 1 heterocycles. The second-order valence-electron chi connectivity index (χ2n) is 12.5. The summed E-state index contributed by atoms with van der Waals surface area (Å²) < 4.78 is 4.81. The molecule has 1 aromatic heterocycles. The lowest BCUT2D eigenvalue weighted by Gasteiger charge is -2.49. The van der Waals surface area contributed by atoms with E-state index in [2.05, 4.69) is 34.7 Å². The summed E-state index contributed by atoms with van der Waals surface area (Å²) in [5.74, 6) is 0.710. The Hall–Kier alpha value is -3.75. The van der Waals surface area contributed by atoms with Crippen molar-refractivity contribution in [1.29, 1.82) is 0 Å². The summed E-state index contributed by atoms with van der Waals surface area (Å²) >= 11 is 0. The van der Waals surface area contributed by atoms with Gasteiger partial charge in [0.25, 0.3) is 0 Å². The molecule has 8 heteroatoms. The summed E-state index contributed by atoms with van der Waals surface area (Å²) in [6.07, 6.45) is 7.11. The number of benzene rings is 2. The lowest BCUT2D eigenvalue weighted by molar-refractivity contribution is -0.117. The minimum Gasteiger partial charge on any atom is -0.453 e. The fourth-order valence-electron chi connectivity index (χ4n) is 6.83. The predicted molar refractivity (Wildman–Crippen MR) is 165 cm³/mol. The molecule has 0 radical (unpaired) electrons. The molecule has 2 aliphatic rings. The number of aliphatic hydroxyl groups is 1. The van der Waals surface area contributed by atoms with Gasteiger partial charge in [0, 0.05) is 29.3 Å². The first-order valence-electron chi connectivity index (χ1n) is 14.9. The monoisotopic (exact) mass is 570 g/mol. The van der Waals surface area contributed by atoms with Gasteiger partial charge in [-0.15, -0.1) is 0 Å². The molecule has 0 atom stereocenters. The van der Waals surface area contributed by atoms with E-state index in [0.29, 0.717) is 25.1 Å². The molecule has 2 fully saturated rings. The highest BCUT2D eigenvalue weighted by molar-refractivity contribution is 5.92. The molecule has 0 bridgehead atoms. The highest BCUT2D eigenvalue weighted by atomic mass is 16.5. The number of nitrogens with one attached hydrogen (secondary N) is 2. The first-order chi connectivity index (χ1) is 20.0. The second-order valence-corrected chi connectivity index (χ2v) is 12.5. The van der Waals surface area contributed by atoms with E-state index in [4.69, 9.17) is 10.5 Å². The number of amides is 2. The lowest BCUT2D eigenvalue weighted by Crippen LogP contribution is -2.58. The first kappa shape index (κ1) is 29.7. The van der Waals surface area contributed by atoms with Crippen LogP contribution < -0.4 is 16.4 Å². The Morgan fingerprint density at radius 2 is 1.67 bits per heavy atom. The van der Waals surface area contributed by atoms with Gasteiger partial charge in [0.15, 0.2) is 0 Å². The largest absolute Gasteiger partial charge is 0.453 e. The van der Waals surface area contributed by atoms with Gasteiger partial charge in [-0.3, -0.25) is 4.79 Å². The van der Waals surface area contributed by atoms with Crippen molar-refractivity contribution < 1.29 is 19.4 Å². The average Bonchev–Trinajstić information content (AvgIpc) is 2.97. The topological polar surface area (TPSA) is 127 Å². The fourth-order valence-corrected chi connectivity index (χ4v) is 6.83. The number of hydrogen-bond donors (Lipinski definition) is 4. The van der Waals surface area contributed by atoms with Crippen LogP contribution in [0.15, 0.2) is 66.9 Å². The highest BCUT2D eigenvalue weighted by Crippen LogP contribution is 2.46. The van der Waals surface area contributed by atoms with Crippen LogP contribution >= 0.6 is 0 Å². The number of alkyl carbamates (subject to hydrolysis) is 1. The van der Waals surface area contributed by atoms with E-state index < -0.39 is 17.2 Å². The molecule has 0 unspecified atom stereocenters. The van der Waals surface area contributed by atoms with Crippen LogP contribution in [0.4, 0.5) is 10.6 Å². The molecule has 2 amide bonds. The minimum atomic E-state index is -0.711. The van der Waals surface area contributed by atoms with Gasteiger partial charge in [0.1, 0.15) is 5.82 Å². The second kappa shape index (κ2) is 11.9. The van der Waals surface area contributed by atoms with Crippen LogP contribution in [0.5, 0.6) is 0 Å². The third-order valence-electron chi connectivity index (χ3n) is 9.19. The Labute approximate surface area is 248 Å². The first-order valence-corrected chi connectivity index (χ1v) is 14.9. The van der Waals surface area contributed by atoms with E-state index in [1.807, 2.05) is 61.7 Å². The number of anilines is 1. The zero-order chi connectivity index (χ0) is 30.0. The van der Waals surface area contributed by atoms with Crippen LogP contribution in [-0.2, 0) is 15.1 Å². The van der Waals surface area contributed by atoms with Gasteiger partial charge in [-0.1, -0.05) is 61.5 Å². The molecule has 2 aromatic carbocycles. The van der Waals surface area contributed by atoms with Crippen molar-refractivity contribution in [3.63, 3.8) is 0 Å². The quantitative estimate of drug-likeness (QED) is 0.258. The molecule has 42 heavy (non-hydrogen) atoms. The molecule has 3 aromatic rings. The van der Waals surface area contributed by atoms with Crippen molar-refractivity contribution in [3.8, 4) is 22.3 Å². The number of carbonyl (C=O) groups is 2. The Morgan fingerprint density at radius 3 is 2.26 bits per heavy atom. The number of nitrogens with zero attached hydrogens (tertiary/aromatic N) is 1. The molecule has 0 spiro atoms. The Balaban J connectivity index is 1.29. The van der Waals surface area contributed by atoms with Crippen LogP contribution in [0, 0.1) is 5.92 Å². The summed E-state index contributed by atoms with van der Waals surface area (Å²) in [7, 11) is 1.38. The van der Waals surface area contributed by atoms with Crippen LogP contribution in [-0.4, -0.2) is 40.3 Å². The molecule has 0 aliphatic heterocycles. The van der Waals surface area contributed by atoms with Crippen LogP contribution in [0.2, 0.25) is 0 Å². The van der Waals surface area contributed by atoms with Crippen molar-refractivity contribution in [2.75, 3.05) is 12.4 Å². The van der Waals surface area contributed by atoms with Crippen LogP contribution in [0.1, 0.15) is 70.8 Å². The molecule has 2 aliphatic carbocycles. The Kier molecular flexibility index (Phi) is 8.39. The van der Waals surface area contributed by atoms with Crippen LogP contribution in [0.25, 0.3) is 22.3 Å². The SMILES string of the molecule is CCC1(NC(=O)OC)CCC(CC(=O)Nc2cc(-c3ccccc3)c(-c3ccc(C4(N)CC(C)(O)C4)cc3)cn2)CC1. The van der Waals surface area contributed by atoms with Crippen molar-refractivity contribution in [3.05, 3.63) is 72.4 Å². The van der Waals surface area contributed by atoms with Gasteiger partial charge >= 0.3 is 6.09 Å². The number of aromatic nitrogens is 1. The number of rotatable bonds is 8. The van der Waals surface area contributed by atoms with Crippen molar-refractivity contribution in [2.45, 2.75) is 81.9 Å². The summed E-state index contributed by atoms with van der Waals surface area (Å²) in [6, 6.07) is 20.2. The van der Waals surface area contributed by atoms with E-state index in [1.165, 1.54) is 7.11 Å². The number of pyridine rings is 1. The molecule has 222 valence electrons. The van der Waals surface area contributed by atoms with Gasteiger partial charge in [-0.25, -0.2) is 9.78 Å². The number of hydrogen-bond acceptors (Lipinski definition) is 6. The van der Waals surface area contributed by atoms with E-state index in [0.717, 1.165) is 59.9 Å². The summed E-state index contributed by atoms with van der Waals surface area (Å²) in [6.45, 7) is 3.90. The molecular formula is C34H42N4O4. The maximum atomic E-state index is 13.1. The number of ether oxygens (including phenoxy) is 1. The smallest absolute Gasteiger partial charge is 0.407 e. The van der Waals surface area contributed by atoms with E-state index in [9.17, 15) is 14.7 Å². The maximum absolute atomic E-state index is 13.1. The standard InChI is InChI=1S/C34H42N4O4/c1-4-33(38-31(40)42-3)16-14-23(15-17-33)18-30(39)37-29-19-27(24-8-6-5-7-9-24)28(20-36-29)25-10-12-26(13-11-25)34(35)21-32(2,41)22-34/h5-13,19-20,23,41H,4,14-18,21-22,35H2,1-3H3,(H,38,40)(H,36,37,39). The van der Waals surface area contributed by atoms with Crippen molar-refractivity contribution in [2.24, 2.45) is 11.7 Å². The summed E-state index contributed by atoms with van der Waals surface area (Å²) in [5.41, 5.74) is 10.0. The Morgan fingerprint density at radius 1 is 1.02 bits per heavy atom. The normalized spacial score (nSPS) is 27.0. The van der Waals surface area contributed by atoms with Crippen molar-refractivity contribution >= 4 is 17.8 Å². The van der Waals surface area contributed by atoms with Crippen LogP contribution in [0.3, 0.4) is 0 Å². The molecule has 0 saturated heterocycles. The molecule has 5 N–H and O–H groups in total. The maximum Gasteiger partial charge on any atom is 0.407 e. The van der Waals surface area contributed by atoms with Gasteiger partial charge in [0.05, 0.1) is 12.7 Å². The van der Waals surface area contributed by atoms with E-state index in [1.54, 1.807) is 0 Å². The molecule has 2 saturated carbocycles. The van der Waals surface area contributed by atoms with E-state index >= 15 is 0 Å². The molecular weight excluding hydrogens is 528 g/mol. The minimum absolute atomic E-state index is 0.0573. The number of nitrogens with two attached hydrogens (primary N) is 1. The van der Waals surface area contributed by atoms with E-state index in [-0.39, 0.29) is 17.4 Å². The predicted octanol–water partition coefficient (Wildman–Crippen LogP) is 6.14. The average molecular weight is 571 g/mol. The zero-order valence-electron chi connectivity index (χ0n) is 24.8. The van der Waals surface area contributed by atoms with Gasteiger partial charge in [-0.2, -0.15) is 0 Å². The number of methoxy groups -OCH3 is 1. The zero-order valence-corrected chi connectivity index (χ0v) is 24.8. The van der Waals surface area contributed by atoms with Gasteiger partial charge < -0.3 is 26.2 Å². The van der Waals surface area contributed by atoms with Crippen molar-refractivity contribution in [1.82, 2.24) is 10.3 Å². The molecule has 8 nitrogen and oxygen atoms in total. The van der Waals surface area contributed by atoms with Gasteiger partial charge in [0.2, 0.25) is 5.91 Å². The highest BCUT2D eigenvalue weighted by Gasteiger charge is 2.49. The molecule has 5 rings (SSSR count). The van der Waals surface area contributed by atoms with Gasteiger partial charge in [-0.05, 0) is 86.1 Å². The third-order valence-corrected chi connectivity index (χ3v) is 9.19.